The number of carboxylic acid groups (broad SMARTS) is 2. The van der Waals surface area contributed by atoms with Crippen molar-refractivity contribution in [3.63, 3.8) is 0 Å². The predicted molar refractivity (Wildman–Crippen MR) is 92.2 cm³/mol. The molecular formula is C18H28N2O6. The molecule has 0 radical (unpaired) electrons. The molecule has 0 spiro atoms. The molecule has 2 aliphatic carbocycles. The Labute approximate surface area is 152 Å². The van der Waals surface area contributed by atoms with Crippen LogP contribution in [0.3, 0.4) is 0 Å². The first kappa shape index (κ1) is 20.2. The van der Waals surface area contributed by atoms with Crippen LogP contribution in [0.25, 0.3) is 0 Å². The molecule has 8 nitrogen and oxygen atoms in total. The average molecular weight is 368 g/mol. The molecule has 146 valence electrons. The Kier molecular flexibility index (Phi) is 7.41. The first-order chi connectivity index (χ1) is 12.4. The Morgan fingerprint density at radius 3 is 1.23 bits per heavy atom. The lowest BCUT2D eigenvalue weighted by Gasteiger charge is -2.28. The summed E-state index contributed by atoms with van der Waals surface area (Å²) in [6.07, 6.45) is 5.50. The zero-order valence-corrected chi connectivity index (χ0v) is 14.9. The second-order valence-corrected chi connectivity index (χ2v) is 7.25. The quantitative estimate of drug-likeness (QED) is 0.496. The third-order valence-electron chi connectivity index (χ3n) is 5.56. The maximum atomic E-state index is 12.2. The van der Waals surface area contributed by atoms with Crippen molar-refractivity contribution in [1.29, 1.82) is 0 Å². The molecule has 8 heteroatoms. The highest BCUT2D eigenvalue weighted by molar-refractivity contribution is 5.86. The van der Waals surface area contributed by atoms with Crippen molar-refractivity contribution >= 4 is 23.8 Å². The van der Waals surface area contributed by atoms with E-state index in [4.69, 9.17) is 0 Å². The van der Waals surface area contributed by atoms with Crippen molar-refractivity contribution in [2.24, 2.45) is 23.7 Å². The summed E-state index contributed by atoms with van der Waals surface area (Å²) in [5.74, 6) is -4.77. The first-order valence-electron chi connectivity index (χ1n) is 9.43. The number of rotatable bonds is 7. The SMILES string of the molecule is O=C(O)[C@H]1CCCC[C@@H]1C(=O)NCCNC(=O)[C@@H]1CCCC[C@@H]1C(=O)O. The molecule has 2 saturated carbocycles. The van der Waals surface area contributed by atoms with Crippen molar-refractivity contribution in [2.75, 3.05) is 13.1 Å². The second kappa shape index (κ2) is 9.54. The Bertz CT molecular complexity index is 502. The van der Waals surface area contributed by atoms with Crippen LogP contribution in [0.15, 0.2) is 0 Å². The highest BCUT2D eigenvalue weighted by Gasteiger charge is 2.36. The number of nitrogens with one attached hydrogen (secondary N) is 2. The molecule has 0 saturated heterocycles. The van der Waals surface area contributed by atoms with Gasteiger partial charge in [0.05, 0.1) is 23.7 Å². The van der Waals surface area contributed by atoms with Crippen LogP contribution in [0.4, 0.5) is 0 Å². The zero-order valence-electron chi connectivity index (χ0n) is 14.9. The van der Waals surface area contributed by atoms with Gasteiger partial charge < -0.3 is 20.8 Å². The second-order valence-electron chi connectivity index (χ2n) is 7.25. The van der Waals surface area contributed by atoms with E-state index < -0.39 is 35.6 Å². The molecule has 4 atom stereocenters. The number of aliphatic carboxylic acids is 2. The molecule has 0 bridgehead atoms. The standard InChI is InChI=1S/C18H28N2O6/c21-15(11-5-1-3-7-13(11)17(23)24)19-9-10-20-16(22)12-6-2-4-8-14(12)18(25)26/h11-14H,1-10H2,(H,19,21)(H,20,22)(H,23,24)(H,25,26)/t11-,12+,13-,14-/m0/s1. The molecule has 0 aromatic rings. The third kappa shape index (κ3) is 5.19. The van der Waals surface area contributed by atoms with Gasteiger partial charge in [0.15, 0.2) is 0 Å². The maximum Gasteiger partial charge on any atom is 0.307 e. The molecule has 2 aliphatic rings. The summed E-state index contributed by atoms with van der Waals surface area (Å²) in [4.78, 5) is 47.0. The summed E-state index contributed by atoms with van der Waals surface area (Å²) < 4.78 is 0. The maximum absolute atomic E-state index is 12.2. The van der Waals surface area contributed by atoms with Gasteiger partial charge in [-0.1, -0.05) is 25.7 Å². The molecule has 2 fully saturated rings. The molecule has 4 N–H and O–H groups in total. The van der Waals surface area contributed by atoms with Gasteiger partial charge in [0.25, 0.3) is 0 Å². The van der Waals surface area contributed by atoms with Gasteiger partial charge in [-0.15, -0.1) is 0 Å². The van der Waals surface area contributed by atoms with E-state index in [1.54, 1.807) is 0 Å². The summed E-state index contributed by atoms with van der Waals surface area (Å²) in [6, 6.07) is 0. The van der Waals surface area contributed by atoms with Crippen LogP contribution < -0.4 is 10.6 Å². The number of hydrogen-bond acceptors (Lipinski definition) is 4. The number of carbonyl (C=O) groups excluding carboxylic acids is 2. The minimum Gasteiger partial charge on any atom is -0.481 e. The summed E-state index contributed by atoms with van der Waals surface area (Å²) in [7, 11) is 0. The van der Waals surface area contributed by atoms with E-state index in [0.29, 0.717) is 25.7 Å². The van der Waals surface area contributed by atoms with Crippen LogP contribution in [0, 0.1) is 23.7 Å². The molecule has 0 aromatic carbocycles. The smallest absolute Gasteiger partial charge is 0.307 e. The molecule has 2 rings (SSSR count). The zero-order chi connectivity index (χ0) is 19.1. The molecule has 0 unspecified atom stereocenters. The van der Waals surface area contributed by atoms with Crippen LogP contribution in [0.1, 0.15) is 51.4 Å². The Morgan fingerprint density at radius 1 is 0.615 bits per heavy atom. The molecule has 0 aromatic heterocycles. The summed E-state index contributed by atoms with van der Waals surface area (Å²) in [5.41, 5.74) is 0. The normalized spacial score (nSPS) is 28.8. The Hall–Kier alpha value is -2.12. The fourth-order valence-electron chi connectivity index (χ4n) is 4.11. The number of carboxylic acids is 2. The lowest BCUT2D eigenvalue weighted by molar-refractivity contribution is -0.149. The molecule has 0 aliphatic heterocycles. The first-order valence-corrected chi connectivity index (χ1v) is 9.43. The van der Waals surface area contributed by atoms with Crippen LogP contribution >= 0.6 is 0 Å². The minimum atomic E-state index is -0.935. The Balaban J connectivity index is 1.75. The summed E-state index contributed by atoms with van der Waals surface area (Å²) >= 11 is 0. The minimum absolute atomic E-state index is 0.206. The highest BCUT2D eigenvalue weighted by Crippen LogP contribution is 2.31. The predicted octanol–water partition coefficient (Wildman–Crippen LogP) is 1.00. The lowest BCUT2D eigenvalue weighted by atomic mass is 9.78. The summed E-state index contributed by atoms with van der Waals surface area (Å²) in [6.45, 7) is 0.412. The van der Waals surface area contributed by atoms with Gasteiger partial charge in [0.1, 0.15) is 0 Å². The van der Waals surface area contributed by atoms with Crippen LogP contribution in [0.5, 0.6) is 0 Å². The van der Waals surface area contributed by atoms with E-state index in [-0.39, 0.29) is 24.9 Å². The van der Waals surface area contributed by atoms with Crippen molar-refractivity contribution in [3.05, 3.63) is 0 Å². The van der Waals surface area contributed by atoms with E-state index in [9.17, 15) is 29.4 Å². The van der Waals surface area contributed by atoms with Gasteiger partial charge in [-0.3, -0.25) is 19.2 Å². The third-order valence-corrected chi connectivity index (χ3v) is 5.56. The monoisotopic (exact) mass is 368 g/mol. The van der Waals surface area contributed by atoms with Crippen molar-refractivity contribution in [1.82, 2.24) is 10.6 Å². The van der Waals surface area contributed by atoms with Crippen molar-refractivity contribution < 1.29 is 29.4 Å². The lowest BCUT2D eigenvalue weighted by Crippen LogP contribution is -2.44. The molecular weight excluding hydrogens is 340 g/mol. The van der Waals surface area contributed by atoms with Gasteiger partial charge in [0.2, 0.25) is 11.8 Å². The van der Waals surface area contributed by atoms with Crippen LogP contribution in [-0.4, -0.2) is 47.1 Å². The fraction of sp³-hybridized carbons (Fsp3) is 0.778. The van der Waals surface area contributed by atoms with Crippen molar-refractivity contribution in [2.45, 2.75) is 51.4 Å². The van der Waals surface area contributed by atoms with E-state index in [1.807, 2.05) is 0 Å². The largest absolute Gasteiger partial charge is 0.481 e. The van der Waals surface area contributed by atoms with Crippen LogP contribution in [0.2, 0.25) is 0 Å². The molecule has 26 heavy (non-hydrogen) atoms. The number of amides is 2. The topological polar surface area (TPSA) is 133 Å². The van der Waals surface area contributed by atoms with Gasteiger partial charge in [0, 0.05) is 13.1 Å². The van der Waals surface area contributed by atoms with E-state index in [0.717, 1.165) is 25.7 Å². The molecule has 0 heterocycles. The number of carbonyl (C=O) groups is 4. The summed E-state index contributed by atoms with van der Waals surface area (Å²) in [5, 5.41) is 23.9. The van der Waals surface area contributed by atoms with Gasteiger partial charge in [-0.25, -0.2) is 0 Å². The van der Waals surface area contributed by atoms with Gasteiger partial charge in [-0.05, 0) is 25.7 Å². The van der Waals surface area contributed by atoms with E-state index in [1.165, 1.54) is 0 Å². The van der Waals surface area contributed by atoms with E-state index in [2.05, 4.69) is 10.6 Å². The number of hydrogen-bond donors (Lipinski definition) is 4. The van der Waals surface area contributed by atoms with Crippen molar-refractivity contribution in [3.8, 4) is 0 Å². The fourth-order valence-corrected chi connectivity index (χ4v) is 4.11. The molecule has 2 amide bonds. The highest BCUT2D eigenvalue weighted by atomic mass is 16.4. The van der Waals surface area contributed by atoms with Gasteiger partial charge >= 0.3 is 11.9 Å². The van der Waals surface area contributed by atoms with E-state index >= 15 is 0 Å². The van der Waals surface area contributed by atoms with Gasteiger partial charge in [-0.2, -0.15) is 0 Å². The van der Waals surface area contributed by atoms with Crippen LogP contribution in [-0.2, 0) is 19.2 Å². The average Bonchev–Trinajstić information content (AvgIpc) is 2.64. The Morgan fingerprint density at radius 2 is 0.923 bits per heavy atom.